The molecule has 34 heavy (non-hydrogen) atoms. The van der Waals surface area contributed by atoms with Crippen molar-refractivity contribution in [3.05, 3.63) is 83.7 Å². The molecule has 10 heteroatoms. The zero-order valence-electron chi connectivity index (χ0n) is 17.7. The van der Waals surface area contributed by atoms with Crippen LogP contribution in [0.5, 0.6) is 11.6 Å². The van der Waals surface area contributed by atoms with Crippen molar-refractivity contribution in [1.82, 2.24) is 24.7 Å². The largest absolute Gasteiger partial charge is 0.439 e. The number of amides is 1. The van der Waals surface area contributed by atoms with Crippen LogP contribution in [0.15, 0.2) is 83.7 Å². The van der Waals surface area contributed by atoms with Crippen molar-refractivity contribution >= 4 is 44.4 Å². The summed E-state index contributed by atoms with van der Waals surface area (Å²) in [5.74, 6) is 1.14. The van der Waals surface area contributed by atoms with Gasteiger partial charge >= 0.3 is 0 Å². The average Bonchev–Trinajstić information content (AvgIpc) is 3.20. The zero-order chi connectivity index (χ0) is 23.5. The average molecular weight is 516 g/mol. The molecule has 168 valence electrons. The molecule has 0 aliphatic carbocycles. The first-order chi connectivity index (χ1) is 16.6. The van der Waals surface area contributed by atoms with Gasteiger partial charge in [-0.15, -0.1) is 0 Å². The minimum Gasteiger partial charge on any atom is -0.439 e. The van der Waals surface area contributed by atoms with E-state index in [0.717, 1.165) is 4.47 Å². The van der Waals surface area contributed by atoms with Crippen LogP contribution in [0.4, 0.5) is 11.5 Å². The number of hydrogen-bond donors (Lipinski definition) is 2. The molecule has 3 N–H and O–H groups in total. The van der Waals surface area contributed by atoms with E-state index in [2.05, 4.69) is 41.3 Å². The molecule has 0 atom stereocenters. The van der Waals surface area contributed by atoms with Crippen LogP contribution < -0.4 is 15.8 Å². The fourth-order valence-electron chi connectivity index (χ4n) is 3.44. The van der Waals surface area contributed by atoms with E-state index in [1.165, 1.54) is 11.0 Å². The molecule has 0 unspecified atom stereocenters. The van der Waals surface area contributed by atoms with Crippen molar-refractivity contribution in [3.8, 4) is 22.9 Å². The molecular formula is C24H18BrN7O2. The Morgan fingerprint density at radius 2 is 1.88 bits per heavy atom. The number of carbonyl (C=O) groups is 1. The van der Waals surface area contributed by atoms with Gasteiger partial charge in [-0.1, -0.05) is 40.2 Å². The van der Waals surface area contributed by atoms with Gasteiger partial charge in [0.15, 0.2) is 5.65 Å². The molecule has 2 aromatic carbocycles. The molecule has 9 nitrogen and oxygen atoms in total. The Morgan fingerprint density at radius 1 is 1.03 bits per heavy atom. The molecule has 0 spiro atoms. The highest BCUT2D eigenvalue weighted by atomic mass is 79.9. The summed E-state index contributed by atoms with van der Waals surface area (Å²) in [6.45, 7) is -0.0535. The summed E-state index contributed by atoms with van der Waals surface area (Å²) < 4.78 is 8.13. The summed E-state index contributed by atoms with van der Waals surface area (Å²) >= 11 is 3.40. The van der Waals surface area contributed by atoms with E-state index in [-0.39, 0.29) is 18.3 Å². The standard InChI is InChI=1S/C24H18BrN7O2/c25-16-5-4-6-17(11-16)30-19(33)13-32-24-21(23(26)28-14-29-24)22(31-32)15-9-10-20(27-12-15)34-18-7-2-1-3-8-18/h1-12,14H,13H2,(H,30,33)(H2,26,28,29). The fraction of sp³-hybridized carbons (Fsp3) is 0.0417. The predicted molar refractivity (Wildman–Crippen MR) is 132 cm³/mol. The highest BCUT2D eigenvalue weighted by Crippen LogP contribution is 2.31. The smallest absolute Gasteiger partial charge is 0.246 e. The number of pyridine rings is 1. The number of para-hydroxylation sites is 1. The lowest BCUT2D eigenvalue weighted by Gasteiger charge is -2.06. The molecule has 5 aromatic rings. The molecule has 5 rings (SSSR count). The normalized spacial score (nSPS) is 10.9. The highest BCUT2D eigenvalue weighted by Gasteiger charge is 2.19. The maximum Gasteiger partial charge on any atom is 0.246 e. The maximum absolute atomic E-state index is 12.7. The van der Waals surface area contributed by atoms with Gasteiger partial charge in [0.1, 0.15) is 30.1 Å². The number of aromatic nitrogens is 5. The van der Waals surface area contributed by atoms with Crippen molar-refractivity contribution in [2.45, 2.75) is 6.54 Å². The topological polar surface area (TPSA) is 121 Å². The van der Waals surface area contributed by atoms with Gasteiger partial charge in [0.05, 0.1) is 5.39 Å². The lowest BCUT2D eigenvalue weighted by molar-refractivity contribution is -0.116. The van der Waals surface area contributed by atoms with E-state index in [0.29, 0.717) is 39.6 Å². The third kappa shape index (κ3) is 4.57. The summed E-state index contributed by atoms with van der Waals surface area (Å²) in [5, 5.41) is 8.03. The minimum atomic E-state index is -0.254. The summed E-state index contributed by atoms with van der Waals surface area (Å²) in [4.78, 5) is 25.5. The number of nitrogen functional groups attached to an aromatic ring is 1. The molecule has 0 bridgehead atoms. The molecule has 0 radical (unpaired) electrons. The Hall–Kier alpha value is -4.31. The summed E-state index contributed by atoms with van der Waals surface area (Å²) in [6.07, 6.45) is 2.99. The molecule has 0 fully saturated rings. The van der Waals surface area contributed by atoms with Crippen molar-refractivity contribution < 1.29 is 9.53 Å². The SMILES string of the molecule is Nc1ncnc2c1c(-c1ccc(Oc3ccccc3)nc1)nn2CC(=O)Nc1cccc(Br)c1. The number of benzene rings is 2. The second-order valence-corrected chi connectivity index (χ2v) is 8.24. The van der Waals surface area contributed by atoms with E-state index >= 15 is 0 Å². The van der Waals surface area contributed by atoms with Gasteiger partial charge in [-0.3, -0.25) is 4.79 Å². The van der Waals surface area contributed by atoms with Crippen molar-refractivity contribution in [2.24, 2.45) is 0 Å². The van der Waals surface area contributed by atoms with Crippen LogP contribution in [0.3, 0.4) is 0 Å². The zero-order valence-corrected chi connectivity index (χ0v) is 19.3. The monoisotopic (exact) mass is 515 g/mol. The molecule has 3 aromatic heterocycles. The number of hydrogen-bond acceptors (Lipinski definition) is 7. The molecule has 0 saturated heterocycles. The summed E-state index contributed by atoms with van der Waals surface area (Å²) in [6, 6.07) is 20.3. The number of rotatable bonds is 6. The number of fused-ring (bicyclic) bond motifs is 1. The van der Waals surface area contributed by atoms with E-state index in [1.54, 1.807) is 18.3 Å². The van der Waals surface area contributed by atoms with Gasteiger partial charge in [-0.2, -0.15) is 5.10 Å². The fourth-order valence-corrected chi connectivity index (χ4v) is 3.83. The molecular weight excluding hydrogens is 498 g/mol. The highest BCUT2D eigenvalue weighted by molar-refractivity contribution is 9.10. The third-order valence-corrected chi connectivity index (χ3v) is 5.43. The van der Waals surface area contributed by atoms with Crippen molar-refractivity contribution in [3.63, 3.8) is 0 Å². The molecule has 0 aliphatic heterocycles. The number of nitrogens with zero attached hydrogens (tertiary/aromatic N) is 5. The first-order valence-electron chi connectivity index (χ1n) is 10.3. The number of nitrogens with one attached hydrogen (secondary N) is 1. The van der Waals surface area contributed by atoms with Gasteiger partial charge in [-0.05, 0) is 36.4 Å². The van der Waals surface area contributed by atoms with Gasteiger partial charge < -0.3 is 15.8 Å². The molecule has 0 saturated carbocycles. The molecule has 1 amide bonds. The Balaban J connectivity index is 1.43. The van der Waals surface area contributed by atoms with Crippen LogP contribution in [0, 0.1) is 0 Å². The second-order valence-electron chi connectivity index (χ2n) is 7.32. The first-order valence-corrected chi connectivity index (χ1v) is 11.1. The van der Waals surface area contributed by atoms with Crippen LogP contribution in [0.25, 0.3) is 22.3 Å². The van der Waals surface area contributed by atoms with Gasteiger partial charge in [0.25, 0.3) is 0 Å². The Kier molecular flexibility index (Phi) is 5.88. The van der Waals surface area contributed by atoms with Gasteiger partial charge in [0, 0.05) is 28.0 Å². The van der Waals surface area contributed by atoms with E-state index in [9.17, 15) is 4.79 Å². The van der Waals surface area contributed by atoms with Crippen molar-refractivity contribution in [2.75, 3.05) is 11.1 Å². The van der Waals surface area contributed by atoms with Crippen LogP contribution in [0.1, 0.15) is 0 Å². The van der Waals surface area contributed by atoms with Crippen LogP contribution in [-0.2, 0) is 11.3 Å². The number of anilines is 2. The van der Waals surface area contributed by atoms with Crippen LogP contribution in [0.2, 0.25) is 0 Å². The number of carbonyl (C=O) groups excluding carboxylic acids is 1. The molecule has 3 heterocycles. The number of halogens is 1. The Bertz CT molecular complexity index is 1470. The Labute approximate surface area is 202 Å². The summed E-state index contributed by atoms with van der Waals surface area (Å²) in [7, 11) is 0. The quantitative estimate of drug-likeness (QED) is 0.337. The number of nitrogens with two attached hydrogens (primary N) is 1. The van der Waals surface area contributed by atoms with E-state index < -0.39 is 0 Å². The van der Waals surface area contributed by atoms with Crippen LogP contribution >= 0.6 is 15.9 Å². The molecule has 0 aliphatic rings. The number of ether oxygens (including phenoxy) is 1. The third-order valence-electron chi connectivity index (χ3n) is 4.94. The lowest BCUT2D eigenvalue weighted by atomic mass is 10.1. The summed E-state index contributed by atoms with van der Waals surface area (Å²) in [5.41, 5.74) is 8.50. The van der Waals surface area contributed by atoms with E-state index in [4.69, 9.17) is 10.5 Å². The maximum atomic E-state index is 12.7. The lowest BCUT2D eigenvalue weighted by Crippen LogP contribution is -2.19. The van der Waals surface area contributed by atoms with Crippen molar-refractivity contribution in [1.29, 1.82) is 0 Å². The van der Waals surface area contributed by atoms with Gasteiger partial charge in [-0.25, -0.2) is 19.6 Å². The van der Waals surface area contributed by atoms with Gasteiger partial charge in [0.2, 0.25) is 11.8 Å². The first kappa shape index (κ1) is 21.5. The predicted octanol–water partition coefficient (Wildman–Crippen LogP) is 4.66. The Morgan fingerprint density at radius 3 is 2.65 bits per heavy atom. The second kappa shape index (κ2) is 9.28. The van der Waals surface area contributed by atoms with E-state index in [1.807, 2.05) is 54.6 Å². The van der Waals surface area contributed by atoms with Crippen LogP contribution in [-0.4, -0.2) is 30.6 Å². The minimum absolute atomic E-state index is 0.0535.